The molecule has 0 aromatic heterocycles. The number of rotatable bonds is 5. The number of hydrogen-bond donors (Lipinski definition) is 2. The molecule has 18 heavy (non-hydrogen) atoms. The summed E-state index contributed by atoms with van der Waals surface area (Å²) in [6.07, 6.45) is -0.114. The average Bonchev–Trinajstić information content (AvgIpc) is 2.27. The van der Waals surface area contributed by atoms with Crippen molar-refractivity contribution in [3.63, 3.8) is 0 Å². The molecule has 7 heteroatoms. The van der Waals surface area contributed by atoms with Gasteiger partial charge in [-0.15, -0.1) is 0 Å². The minimum atomic E-state index is -3.00. The molecule has 0 aliphatic rings. The van der Waals surface area contributed by atoms with Crippen molar-refractivity contribution in [2.45, 2.75) is 25.6 Å². The van der Waals surface area contributed by atoms with Gasteiger partial charge in [-0.2, -0.15) is 8.78 Å². The number of benzene rings is 1. The van der Waals surface area contributed by atoms with Crippen LogP contribution in [0.5, 0.6) is 5.75 Å². The summed E-state index contributed by atoms with van der Waals surface area (Å²) in [4.78, 5) is 11.0. The number of carbonyl (C=O) groups is 1. The van der Waals surface area contributed by atoms with E-state index in [9.17, 15) is 18.7 Å². The number of ether oxygens (including phenoxy) is 1. The molecular weight excluding hydrogens is 270 g/mol. The van der Waals surface area contributed by atoms with Gasteiger partial charge in [-0.05, 0) is 18.6 Å². The second-order valence-corrected chi connectivity index (χ2v) is 3.95. The van der Waals surface area contributed by atoms with E-state index in [2.05, 4.69) is 4.74 Å². The van der Waals surface area contributed by atoms with E-state index in [0.29, 0.717) is 0 Å². The maximum atomic E-state index is 12.0. The van der Waals surface area contributed by atoms with Crippen LogP contribution in [0.25, 0.3) is 0 Å². The summed E-state index contributed by atoms with van der Waals surface area (Å²) >= 11 is 5.77. The van der Waals surface area contributed by atoms with Crippen molar-refractivity contribution in [1.82, 2.24) is 0 Å². The Morgan fingerprint density at radius 3 is 2.56 bits per heavy atom. The molecule has 0 spiro atoms. The zero-order valence-electron chi connectivity index (χ0n) is 9.36. The quantitative estimate of drug-likeness (QED) is 0.870. The summed E-state index contributed by atoms with van der Waals surface area (Å²) in [7, 11) is 0. The van der Waals surface area contributed by atoms with Gasteiger partial charge in [-0.3, -0.25) is 0 Å². The van der Waals surface area contributed by atoms with Crippen LogP contribution in [0.3, 0.4) is 0 Å². The minimum absolute atomic E-state index is 0.0687. The maximum absolute atomic E-state index is 12.0. The summed E-state index contributed by atoms with van der Waals surface area (Å²) in [5, 5.41) is 18.8. The van der Waals surface area contributed by atoms with Crippen molar-refractivity contribution in [3.8, 4) is 5.75 Å². The molecule has 1 aromatic carbocycles. The zero-order valence-corrected chi connectivity index (χ0v) is 10.1. The third-order valence-corrected chi connectivity index (χ3v) is 2.79. The van der Waals surface area contributed by atoms with Gasteiger partial charge < -0.3 is 14.9 Å². The fraction of sp³-hybridized carbons (Fsp3) is 0.364. The number of hydrogen-bond acceptors (Lipinski definition) is 3. The van der Waals surface area contributed by atoms with E-state index < -0.39 is 18.2 Å². The number of carboxylic acid groups (broad SMARTS) is 1. The van der Waals surface area contributed by atoms with E-state index in [1.54, 1.807) is 0 Å². The summed E-state index contributed by atoms with van der Waals surface area (Å²) in [6, 6.07) is 3.31. The molecule has 0 saturated heterocycles. The Kier molecular flexibility index (Phi) is 4.48. The van der Waals surface area contributed by atoms with E-state index in [-0.39, 0.29) is 22.8 Å². The van der Waals surface area contributed by atoms with Crippen LogP contribution in [-0.4, -0.2) is 22.8 Å². The highest BCUT2D eigenvalue weighted by Gasteiger charge is 2.37. The highest BCUT2D eigenvalue weighted by atomic mass is 35.5. The van der Waals surface area contributed by atoms with Crippen molar-refractivity contribution < 1.29 is 28.5 Å². The lowest BCUT2D eigenvalue weighted by molar-refractivity contribution is -0.160. The molecule has 1 atom stereocenters. The smallest absolute Gasteiger partial charge is 0.387 e. The van der Waals surface area contributed by atoms with Crippen molar-refractivity contribution in [2.24, 2.45) is 0 Å². The molecule has 1 unspecified atom stereocenters. The van der Waals surface area contributed by atoms with Gasteiger partial charge in [0.15, 0.2) is 5.60 Å². The molecule has 0 saturated carbocycles. The lowest BCUT2D eigenvalue weighted by Crippen LogP contribution is -2.35. The lowest BCUT2D eigenvalue weighted by Gasteiger charge is -2.23. The van der Waals surface area contributed by atoms with Crippen LogP contribution in [0.4, 0.5) is 8.78 Å². The summed E-state index contributed by atoms with van der Waals surface area (Å²) in [5.41, 5.74) is -2.22. The summed E-state index contributed by atoms with van der Waals surface area (Å²) in [6.45, 7) is -1.54. The minimum Gasteiger partial charge on any atom is -0.479 e. The Hall–Kier alpha value is -1.40. The Morgan fingerprint density at radius 1 is 1.56 bits per heavy atom. The van der Waals surface area contributed by atoms with Crippen LogP contribution in [0.1, 0.15) is 18.9 Å². The van der Waals surface area contributed by atoms with Crippen LogP contribution in [0.15, 0.2) is 18.2 Å². The molecule has 0 aliphatic heterocycles. The Balaban J connectivity index is 3.16. The second-order valence-electron chi connectivity index (χ2n) is 3.54. The van der Waals surface area contributed by atoms with Gasteiger partial charge in [0.05, 0.1) is 5.02 Å². The van der Waals surface area contributed by atoms with Crippen LogP contribution in [0.2, 0.25) is 5.02 Å². The molecule has 0 bridgehead atoms. The molecule has 0 aliphatic carbocycles. The van der Waals surface area contributed by atoms with Gasteiger partial charge in [-0.25, -0.2) is 4.79 Å². The molecule has 4 nitrogen and oxygen atoms in total. The van der Waals surface area contributed by atoms with Crippen LogP contribution in [0, 0.1) is 0 Å². The second kappa shape index (κ2) is 5.49. The molecule has 100 valence electrons. The lowest BCUT2D eigenvalue weighted by atomic mass is 9.91. The summed E-state index contributed by atoms with van der Waals surface area (Å²) in [5.74, 6) is -1.67. The van der Waals surface area contributed by atoms with Crippen molar-refractivity contribution in [1.29, 1.82) is 0 Å². The first-order valence-electron chi connectivity index (χ1n) is 5.02. The Labute approximate surface area is 107 Å². The molecule has 0 fully saturated rings. The van der Waals surface area contributed by atoms with Gasteiger partial charge in [0.2, 0.25) is 0 Å². The van der Waals surface area contributed by atoms with E-state index in [0.717, 1.165) is 18.2 Å². The summed E-state index contributed by atoms with van der Waals surface area (Å²) < 4.78 is 28.1. The van der Waals surface area contributed by atoms with E-state index in [1.807, 2.05) is 0 Å². The standard InChI is InChI=1S/C11H11ClF2O4/c1-2-11(17,9(15)16)7-4-3-6(5-8(7)12)18-10(13)14/h3-5,10,17H,2H2,1H3,(H,15,16). The molecular formula is C11H11ClF2O4. The van der Waals surface area contributed by atoms with Crippen molar-refractivity contribution in [3.05, 3.63) is 28.8 Å². The highest BCUT2D eigenvalue weighted by Crippen LogP contribution is 2.34. The van der Waals surface area contributed by atoms with Crippen molar-refractivity contribution in [2.75, 3.05) is 0 Å². The molecule has 1 aromatic rings. The molecule has 0 heterocycles. The zero-order chi connectivity index (χ0) is 13.9. The first-order valence-corrected chi connectivity index (χ1v) is 5.39. The predicted octanol–water partition coefficient (Wildman–Crippen LogP) is 2.62. The molecule has 0 radical (unpaired) electrons. The topological polar surface area (TPSA) is 66.8 Å². The first kappa shape index (κ1) is 14.7. The third-order valence-electron chi connectivity index (χ3n) is 2.48. The van der Waals surface area contributed by atoms with Crippen LogP contribution >= 0.6 is 11.6 Å². The highest BCUT2D eigenvalue weighted by molar-refractivity contribution is 6.31. The third kappa shape index (κ3) is 2.88. The molecule has 1 rings (SSSR count). The first-order chi connectivity index (χ1) is 8.31. The number of aliphatic carboxylic acids is 1. The molecule has 0 amide bonds. The monoisotopic (exact) mass is 280 g/mol. The normalized spacial score (nSPS) is 14.3. The fourth-order valence-corrected chi connectivity index (χ4v) is 1.79. The van der Waals surface area contributed by atoms with Gasteiger partial charge in [0.1, 0.15) is 5.75 Å². The maximum Gasteiger partial charge on any atom is 0.387 e. The van der Waals surface area contributed by atoms with Gasteiger partial charge in [0, 0.05) is 5.56 Å². The number of alkyl halides is 2. The van der Waals surface area contributed by atoms with E-state index in [4.69, 9.17) is 16.7 Å². The number of halogens is 3. The van der Waals surface area contributed by atoms with Gasteiger partial charge in [0.25, 0.3) is 0 Å². The fourth-order valence-electron chi connectivity index (χ4n) is 1.46. The number of carboxylic acids is 1. The van der Waals surface area contributed by atoms with Gasteiger partial charge >= 0.3 is 12.6 Å². The van der Waals surface area contributed by atoms with Gasteiger partial charge in [-0.1, -0.05) is 24.6 Å². The van der Waals surface area contributed by atoms with Crippen LogP contribution < -0.4 is 4.74 Å². The Morgan fingerprint density at radius 2 is 2.17 bits per heavy atom. The van der Waals surface area contributed by atoms with E-state index >= 15 is 0 Å². The number of aliphatic hydroxyl groups is 1. The predicted molar refractivity (Wildman–Crippen MR) is 59.9 cm³/mol. The van der Waals surface area contributed by atoms with Crippen LogP contribution in [-0.2, 0) is 10.4 Å². The molecule has 2 N–H and O–H groups in total. The SMILES string of the molecule is CCC(O)(C(=O)O)c1ccc(OC(F)F)cc1Cl. The largest absolute Gasteiger partial charge is 0.479 e. The average molecular weight is 281 g/mol. The van der Waals surface area contributed by atoms with E-state index in [1.165, 1.54) is 6.92 Å². The van der Waals surface area contributed by atoms with Crippen molar-refractivity contribution >= 4 is 17.6 Å². The Bertz CT molecular complexity index is 453.